The van der Waals surface area contributed by atoms with Crippen molar-refractivity contribution in [2.24, 2.45) is 0 Å². The Balaban J connectivity index is 0.000000187. The molecule has 0 saturated carbocycles. The molecule has 0 aliphatic heterocycles. The minimum Gasteiger partial charge on any atom is -0.351 e. The maximum Gasteiger partial charge on any atom is 0.0919 e. The largest absolute Gasteiger partial charge is 0.351 e. The van der Waals surface area contributed by atoms with E-state index in [2.05, 4.69) is 38.1 Å². The summed E-state index contributed by atoms with van der Waals surface area (Å²) in [7, 11) is 0. The van der Waals surface area contributed by atoms with Crippen molar-refractivity contribution in [1.29, 1.82) is 0 Å². The van der Waals surface area contributed by atoms with Crippen LogP contribution in [0.5, 0.6) is 0 Å². The molecule has 92 valence electrons. The Labute approximate surface area is 110 Å². The van der Waals surface area contributed by atoms with Gasteiger partial charge < -0.3 is 4.98 Å². The van der Waals surface area contributed by atoms with Gasteiger partial charge in [0.05, 0.1) is 17.4 Å². The Kier molecular flexibility index (Phi) is 3.14. The SMILES string of the molecule is c1c[nH]cn1.c1cnc2c(c1)ccc1ncccc12. The van der Waals surface area contributed by atoms with Gasteiger partial charge in [0.15, 0.2) is 0 Å². The maximum absolute atomic E-state index is 4.37. The van der Waals surface area contributed by atoms with Gasteiger partial charge in [-0.3, -0.25) is 9.97 Å². The van der Waals surface area contributed by atoms with Crippen molar-refractivity contribution in [3.8, 4) is 0 Å². The van der Waals surface area contributed by atoms with Gasteiger partial charge in [0.25, 0.3) is 0 Å². The van der Waals surface area contributed by atoms with Crippen molar-refractivity contribution in [3.05, 3.63) is 67.5 Å². The van der Waals surface area contributed by atoms with E-state index in [1.165, 1.54) is 0 Å². The van der Waals surface area contributed by atoms with Crippen LogP contribution in [0.4, 0.5) is 0 Å². The highest BCUT2D eigenvalue weighted by atomic mass is 14.8. The molecule has 0 radical (unpaired) electrons. The van der Waals surface area contributed by atoms with E-state index >= 15 is 0 Å². The normalized spacial score (nSPS) is 10.1. The second-order valence-corrected chi connectivity index (χ2v) is 3.97. The van der Waals surface area contributed by atoms with Crippen LogP contribution in [0, 0.1) is 0 Å². The Hall–Kier alpha value is -2.75. The van der Waals surface area contributed by atoms with Crippen LogP contribution in [-0.4, -0.2) is 19.9 Å². The molecule has 4 heteroatoms. The lowest BCUT2D eigenvalue weighted by Gasteiger charge is -2.00. The summed E-state index contributed by atoms with van der Waals surface area (Å²) in [6.45, 7) is 0. The summed E-state index contributed by atoms with van der Waals surface area (Å²) in [5, 5.41) is 2.28. The first-order chi connectivity index (χ1) is 9.45. The molecule has 4 rings (SSSR count). The fourth-order valence-corrected chi connectivity index (χ4v) is 1.91. The summed E-state index contributed by atoms with van der Waals surface area (Å²) in [6.07, 6.45) is 8.70. The molecule has 0 amide bonds. The number of hydrogen-bond acceptors (Lipinski definition) is 3. The number of aromatic amines is 1. The molecule has 0 unspecified atom stereocenters. The van der Waals surface area contributed by atoms with E-state index in [0.717, 1.165) is 21.8 Å². The first-order valence-corrected chi connectivity index (χ1v) is 5.96. The molecule has 1 N–H and O–H groups in total. The van der Waals surface area contributed by atoms with Crippen molar-refractivity contribution < 1.29 is 0 Å². The van der Waals surface area contributed by atoms with Gasteiger partial charge in [-0.1, -0.05) is 12.1 Å². The van der Waals surface area contributed by atoms with Crippen molar-refractivity contribution in [2.75, 3.05) is 0 Å². The average Bonchev–Trinajstić information content (AvgIpc) is 3.07. The van der Waals surface area contributed by atoms with Crippen LogP contribution in [0.2, 0.25) is 0 Å². The van der Waals surface area contributed by atoms with Crippen LogP contribution in [0.25, 0.3) is 21.8 Å². The fourth-order valence-electron chi connectivity index (χ4n) is 1.91. The number of nitrogens with one attached hydrogen (secondary N) is 1. The summed E-state index contributed by atoms with van der Waals surface area (Å²) in [6, 6.07) is 12.1. The molecule has 0 fully saturated rings. The number of fused-ring (bicyclic) bond motifs is 3. The van der Waals surface area contributed by atoms with Gasteiger partial charge in [0.2, 0.25) is 0 Å². The van der Waals surface area contributed by atoms with E-state index in [-0.39, 0.29) is 0 Å². The zero-order valence-electron chi connectivity index (χ0n) is 10.2. The van der Waals surface area contributed by atoms with Crippen LogP contribution in [0.3, 0.4) is 0 Å². The second kappa shape index (κ2) is 5.27. The number of hydrogen-bond donors (Lipinski definition) is 1. The second-order valence-electron chi connectivity index (χ2n) is 3.97. The average molecular weight is 248 g/mol. The van der Waals surface area contributed by atoms with Gasteiger partial charge in [-0.2, -0.15) is 0 Å². The lowest BCUT2D eigenvalue weighted by molar-refractivity contribution is 1.31. The fraction of sp³-hybridized carbons (Fsp3) is 0. The maximum atomic E-state index is 4.37. The molecule has 0 saturated heterocycles. The number of benzene rings is 1. The number of pyridine rings is 2. The van der Waals surface area contributed by atoms with Crippen molar-refractivity contribution in [3.63, 3.8) is 0 Å². The minimum absolute atomic E-state index is 0.999. The predicted octanol–water partition coefficient (Wildman–Crippen LogP) is 3.19. The first-order valence-electron chi connectivity index (χ1n) is 5.96. The number of imidazole rings is 1. The third-order valence-corrected chi connectivity index (χ3v) is 2.76. The van der Waals surface area contributed by atoms with Crippen LogP contribution in [-0.2, 0) is 0 Å². The van der Waals surface area contributed by atoms with Crippen LogP contribution >= 0.6 is 0 Å². The zero-order chi connectivity index (χ0) is 12.9. The van der Waals surface area contributed by atoms with E-state index in [1.807, 2.05) is 24.4 Å². The minimum atomic E-state index is 0.999. The predicted molar refractivity (Wildman–Crippen MR) is 75.6 cm³/mol. The van der Waals surface area contributed by atoms with E-state index in [9.17, 15) is 0 Å². The van der Waals surface area contributed by atoms with Crippen LogP contribution in [0.1, 0.15) is 0 Å². The van der Waals surface area contributed by atoms with E-state index in [1.54, 1.807) is 24.9 Å². The van der Waals surface area contributed by atoms with E-state index in [4.69, 9.17) is 0 Å². The van der Waals surface area contributed by atoms with Crippen LogP contribution in [0.15, 0.2) is 67.5 Å². The Morgan fingerprint density at radius 2 is 1.74 bits per heavy atom. The molecule has 3 heterocycles. The molecule has 0 aliphatic carbocycles. The van der Waals surface area contributed by atoms with Gasteiger partial charge in [-0.15, -0.1) is 0 Å². The monoisotopic (exact) mass is 248 g/mol. The smallest absolute Gasteiger partial charge is 0.0919 e. The summed E-state index contributed by atoms with van der Waals surface area (Å²) in [4.78, 5) is 15.1. The lowest BCUT2D eigenvalue weighted by atomic mass is 10.1. The van der Waals surface area contributed by atoms with Crippen LogP contribution < -0.4 is 0 Å². The third kappa shape index (κ3) is 2.42. The molecular formula is C15H12N4. The summed E-state index contributed by atoms with van der Waals surface area (Å²) in [5.74, 6) is 0. The summed E-state index contributed by atoms with van der Waals surface area (Å²) in [5.41, 5.74) is 2.02. The van der Waals surface area contributed by atoms with E-state index in [0.29, 0.717) is 0 Å². The lowest BCUT2D eigenvalue weighted by Crippen LogP contribution is -1.82. The molecule has 0 bridgehead atoms. The molecule has 3 aromatic heterocycles. The standard InChI is InChI=1S/C12H8N2.C3H4N2/c1-3-9-5-6-11-10(4-2-7-13-11)12(9)14-8-1;1-2-5-3-4-1/h1-8H;1-3H,(H,4,5). The Morgan fingerprint density at radius 3 is 2.53 bits per heavy atom. The number of nitrogens with zero attached hydrogens (tertiary/aromatic N) is 3. The van der Waals surface area contributed by atoms with Crippen molar-refractivity contribution in [2.45, 2.75) is 0 Å². The van der Waals surface area contributed by atoms with Gasteiger partial charge in [0.1, 0.15) is 0 Å². The van der Waals surface area contributed by atoms with Gasteiger partial charge in [0, 0.05) is 35.6 Å². The number of H-pyrrole nitrogens is 1. The molecule has 1 aromatic carbocycles. The Morgan fingerprint density at radius 1 is 0.842 bits per heavy atom. The first kappa shape index (κ1) is 11.3. The van der Waals surface area contributed by atoms with Crippen molar-refractivity contribution >= 4 is 21.8 Å². The highest BCUT2D eigenvalue weighted by Crippen LogP contribution is 2.20. The van der Waals surface area contributed by atoms with E-state index < -0.39 is 0 Å². The van der Waals surface area contributed by atoms with Crippen molar-refractivity contribution in [1.82, 2.24) is 19.9 Å². The topological polar surface area (TPSA) is 54.5 Å². The molecule has 0 atom stereocenters. The molecule has 4 nitrogen and oxygen atoms in total. The molecule has 0 aliphatic rings. The number of rotatable bonds is 0. The molecule has 4 aromatic rings. The highest BCUT2D eigenvalue weighted by molar-refractivity contribution is 6.03. The summed E-state index contributed by atoms with van der Waals surface area (Å²) < 4.78 is 0. The quantitative estimate of drug-likeness (QED) is 0.486. The number of aromatic nitrogens is 4. The van der Waals surface area contributed by atoms with Gasteiger partial charge >= 0.3 is 0 Å². The summed E-state index contributed by atoms with van der Waals surface area (Å²) >= 11 is 0. The third-order valence-electron chi connectivity index (χ3n) is 2.76. The highest BCUT2D eigenvalue weighted by Gasteiger charge is 1.99. The van der Waals surface area contributed by atoms with Gasteiger partial charge in [-0.25, -0.2) is 4.98 Å². The molecular weight excluding hydrogens is 236 g/mol. The Bertz CT molecular complexity index is 706. The van der Waals surface area contributed by atoms with Gasteiger partial charge in [-0.05, 0) is 24.3 Å². The zero-order valence-corrected chi connectivity index (χ0v) is 10.2. The molecule has 19 heavy (non-hydrogen) atoms. The molecule has 0 spiro atoms.